The SMILES string of the molecule is COC(=O)c1cnc2c(O)cc3c(c2c1)[C@@H](CCl)CN3C(=O)c1cc2cc(NC(=O)c3cc4ccccc4[nH]3)ccc2[nH]1. The summed E-state index contributed by atoms with van der Waals surface area (Å²) in [6.07, 6.45) is 1.34. The number of pyridine rings is 1. The molecule has 0 aliphatic carbocycles. The fourth-order valence-electron chi connectivity index (χ4n) is 5.76. The number of aromatic hydroxyl groups is 1. The fourth-order valence-corrected chi connectivity index (χ4v) is 6.01. The van der Waals surface area contributed by atoms with Crippen LogP contribution in [-0.4, -0.2) is 57.4 Å². The highest BCUT2D eigenvalue weighted by atomic mass is 35.5. The van der Waals surface area contributed by atoms with Gasteiger partial charge < -0.3 is 30.0 Å². The molecule has 4 N–H and O–H groups in total. The Labute approximate surface area is 249 Å². The van der Waals surface area contributed by atoms with Gasteiger partial charge in [-0.15, -0.1) is 11.6 Å². The average molecular weight is 594 g/mol. The highest BCUT2D eigenvalue weighted by molar-refractivity contribution is 6.19. The number of hydrogen-bond acceptors (Lipinski definition) is 6. The van der Waals surface area contributed by atoms with Crippen LogP contribution in [0.2, 0.25) is 0 Å². The number of alkyl halides is 1. The lowest BCUT2D eigenvalue weighted by atomic mass is 9.97. The summed E-state index contributed by atoms with van der Waals surface area (Å²) in [4.78, 5) is 51.1. The lowest BCUT2D eigenvalue weighted by Gasteiger charge is -2.17. The first-order valence-corrected chi connectivity index (χ1v) is 14.0. The summed E-state index contributed by atoms with van der Waals surface area (Å²) in [5.41, 5.74) is 4.70. The number of aromatic nitrogens is 3. The first kappa shape index (κ1) is 26.5. The molecular formula is C32H24ClN5O5. The topological polar surface area (TPSA) is 140 Å². The van der Waals surface area contributed by atoms with E-state index in [9.17, 15) is 19.5 Å². The molecule has 0 bridgehead atoms. The lowest BCUT2D eigenvalue weighted by Crippen LogP contribution is -2.30. The van der Waals surface area contributed by atoms with Gasteiger partial charge in [-0.25, -0.2) is 4.79 Å². The number of esters is 1. The molecule has 0 saturated carbocycles. The summed E-state index contributed by atoms with van der Waals surface area (Å²) in [7, 11) is 1.28. The summed E-state index contributed by atoms with van der Waals surface area (Å²) in [5.74, 6) is -1.32. The number of nitrogens with one attached hydrogen (secondary N) is 3. The Morgan fingerprint density at radius 1 is 1.02 bits per heavy atom. The van der Waals surface area contributed by atoms with Crippen LogP contribution in [0.15, 0.2) is 72.9 Å². The van der Waals surface area contributed by atoms with E-state index in [0.29, 0.717) is 39.2 Å². The molecule has 1 aliphatic rings. The van der Waals surface area contributed by atoms with Crippen LogP contribution in [0.4, 0.5) is 11.4 Å². The molecule has 0 radical (unpaired) electrons. The molecule has 0 spiro atoms. The Hall–Kier alpha value is -5.35. The van der Waals surface area contributed by atoms with Gasteiger partial charge in [-0.3, -0.25) is 14.6 Å². The van der Waals surface area contributed by atoms with Crippen LogP contribution in [0.25, 0.3) is 32.7 Å². The summed E-state index contributed by atoms with van der Waals surface area (Å²) >= 11 is 6.35. The molecular weight excluding hydrogens is 570 g/mol. The highest BCUT2D eigenvalue weighted by Gasteiger charge is 2.36. The van der Waals surface area contributed by atoms with E-state index in [-0.39, 0.29) is 41.5 Å². The van der Waals surface area contributed by atoms with E-state index in [1.54, 1.807) is 41.3 Å². The molecule has 0 fully saturated rings. The van der Waals surface area contributed by atoms with Gasteiger partial charge in [0.25, 0.3) is 11.8 Å². The summed E-state index contributed by atoms with van der Waals surface area (Å²) in [6.45, 7) is 0.278. The molecule has 11 heteroatoms. The van der Waals surface area contributed by atoms with Crippen LogP contribution in [0.3, 0.4) is 0 Å². The van der Waals surface area contributed by atoms with E-state index in [1.165, 1.54) is 19.4 Å². The Morgan fingerprint density at radius 3 is 2.58 bits per heavy atom. The number of nitrogens with zero attached hydrogens (tertiary/aromatic N) is 2. The predicted octanol–water partition coefficient (Wildman–Crippen LogP) is 5.92. The second kappa shape index (κ2) is 10.2. The van der Waals surface area contributed by atoms with Crippen molar-refractivity contribution in [2.24, 2.45) is 0 Å². The van der Waals surface area contributed by atoms with Crippen LogP contribution >= 0.6 is 11.6 Å². The Kier molecular flexibility index (Phi) is 6.28. The fraction of sp³-hybridized carbons (Fsp3) is 0.125. The monoisotopic (exact) mass is 593 g/mol. The van der Waals surface area contributed by atoms with Crippen molar-refractivity contribution in [3.8, 4) is 5.75 Å². The largest absolute Gasteiger partial charge is 0.506 e. The van der Waals surface area contributed by atoms with Crippen molar-refractivity contribution in [2.45, 2.75) is 5.92 Å². The molecule has 2 amide bonds. The molecule has 10 nitrogen and oxygen atoms in total. The van der Waals surface area contributed by atoms with Gasteiger partial charge in [0.1, 0.15) is 22.7 Å². The third kappa shape index (κ3) is 4.43. The number of para-hydroxylation sites is 1. The van der Waals surface area contributed by atoms with Gasteiger partial charge in [0.2, 0.25) is 0 Å². The summed E-state index contributed by atoms with van der Waals surface area (Å²) < 4.78 is 4.84. The minimum absolute atomic E-state index is 0.120. The molecule has 0 unspecified atom stereocenters. The zero-order valence-electron chi connectivity index (χ0n) is 22.8. The number of carbonyl (C=O) groups excluding carboxylic acids is 3. The number of amides is 2. The number of aromatic amines is 2. The molecule has 1 aliphatic heterocycles. The van der Waals surface area contributed by atoms with Gasteiger partial charge in [0.05, 0.1) is 18.4 Å². The van der Waals surface area contributed by atoms with E-state index in [4.69, 9.17) is 16.3 Å². The lowest BCUT2D eigenvalue weighted by molar-refractivity contribution is 0.0600. The van der Waals surface area contributed by atoms with Crippen LogP contribution in [0.1, 0.15) is 42.8 Å². The molecule has 4 heterocycles. The molecule has 7 rings (SSSR count). The number of H-pyrrole nitrogens is 2. The molecule has 214 valence electrons. The number of phenolic OH excluding ortho intramolecular Hbond substituents is 1. The maximum atomic E-state index is 13.8. The molecule has 3 aromatic heterocycles. The van der Waals surface area contributed by atoms with Crippen LogP contribution < -0.4 is 10.2 Å². The van der Waals surface area contributed by atoms with Crippen molar-refractivity contribution in [2.75, 3.05) is 29.8 Å². The Morgan fingerprint density at radius 2 is 1.79 bits per heavy atom. The zero-order chi connectivity index (χ0) is 29.8. The molecule has 3 aromatic carbocycles. The first-order chi connectivity index (χ1) is 20.8. The number of halogens is 1. The Balaban J connectivity index is 1.20. The summed E-state index contributed by atoms with van der Waals surface area (Å²) in [5, 5.41) is 15.9. The van der Waals surface area contributed by atoms with E-state index >= 15 is 0 Å². The number of hydrogen-bond donors (Lipinski definition) is 4. The zero-order valence-corrected chi connectivity index (χ0v) is 23.5. The summed E-state index contributed by atoms with van der Waals surface area (Å²) in [6, 6.07) is 19.6. The van der Waals surface area contributed by atoms with Crippen molar-refractivity contribution in [1.82, 2.24) is 15.0 Å². The van der Waals surface area contributed by atoms with Crippen molar-refractivity contribution in [3.63, 3.8) is 0 Å². The number of carbonyl (C=O) groups is 3. The average Bonchev–Trinajstić information content (AvgIpc) is 3.75. The minimum Gasteiger partial charge on any atom is -0.506 e. The third-order valence-electron chi connectivity index (χ3n) is 7.81. The van der Waals surface area contributed by atoms with E-state index in [0.717, 1.165) is 21.9 Å². The van der Waals surface area contributed by atoms with Gasteiger partial charge in [-0.1, -0.05) is 18.2 Å². The van der Waals surface area contributed by atoms with E-state index in [1.807, 2.05) is 24.3 Å². The standard InChI is InChI=1S/C32H24ClN5O5/c1-43-32(42)18-9-21-28-19(13-33)15-38(26(28)12-27(39)29(21)34-14-18)31(41)25-11-17-8-20(6-7-23(17)37-25)35-30(40)24-10-16-4-2-3-5-22(16)36-24/h2-12,14,19,36-37,39H,13,15H2,1H3,(H,35,40)/t19-/m0/s1. The number of phenols is 1. The van der Waals surface area contributed by atoms with Crippen molar-refractivity contribution >= 4 is 73.5 Å². The number of rotatable bonds is 5. The first-order valence-electron chi connectivity index (χ1n) is 13.5. The van der Waals surface area contributed by atoms with E-state index < -0.39 is 5.97 Å². The normalized spacial score (nSPS) is 14.4. The minimum atomic E-state index is -0.560. The van der Waals surface area contributed by atoms with Gasteiger partial charge in [0, 0.05) is 63.5 Å². The molecule has 0 saturated heterocycles. The second-order valence-corrected chi connectivity index (χ2v) is 10.7. The van der Waals surface area contributed by atoms with Crippen molar-refractivity contribution in [1.29, 1.82) is 0 Å². The number of benzene rings is 3. The number of fused-ring (bicyclic) bond motifs is 5. The number of ether oxygens (including phenoxy) is 1. The predicted molar refractivity (Wildman–Crippen MR) is 164 cm³/mol. The van der Waals surface area contributed by atoms with Gasteiger partial charge >= 0.3 is 5.97 Å². The van der Waals surface area contributed by atoms with Gasteiger partial charge in [0.15, 0.2) is 0 Å². The molecule has 6 aromatic rings. The molecule has 1 atom stereocenters. The van der Waals surface area contributed by atoms with Gasteiger partial charge in [-0.05, 0) is 48.0 Å². The van der Waals surface area contributed by atoms with Gasteiger partial charge in [-0.2, -0.15) is 0 Å². The maximum Gasteiger partial charge on any atom is 0.339 e. The van der Waals surface area contributed by atoms with Crippen LogP contribution in [-0.2, 0) is 4.74 Å². The Bertz CT molecular complexity index is 2080. The smallest absolute Gasteiger partial charge is 0.339 e. The van der Waals surface area contributed by atoms with E-state index in [2.05, 4.69) is 20.3 Å². The van der Waals surface area contributed by atoms with Crippen molar-refractivity contribution in [3.05, 3.63) is 95.4 Å². The second-order valence-electron chi connectivity index (χ2n) is 10.4. The quantitative estimate of drug-likeness (QED) is 0.144. The maximum absolute atomic E-state index is 13.8. The molecule has 43 heavy (non-hydrogen) atoms. The van der Waals surface area contributed by atoms with Crippen LogP contribution in [0.5, 0.6) is 5.75 Å². The van der Waals surface area contributed by atoms with Crippen LogP contribution in [0, 0.1) is 0 Å². The highest BCUT2D eigenvalue weighted by Crippen LogP contribution is 2.45. The number of anilines is 2. The number of methoxy groups -OCH3 is 1. The third-order valence-corrected chi connectivity index (χ3v) is 8.18. The van der Waals surface area contributed by atoms with Crippen molar-refractivity contribution < 1.29 is 24.2 Å².